The summed E-state index contributed by atoms with van der Waals surface area (Å²) in [5.41, 5.74) is -3.78. The van der Waals surface area contributed by atoms with Crippen LogP contribution in [0.3, 0.4) is 0 Å². The second-order valence-corrected chi connectivity index (χ2v) is 4.00. The van der Waals surface area contributed by atoms with E-state index in [2.05, 4.69) is 0 Å². The molecule has 0 radical (unpaired) electrons. The van der Waals surface area contributed by atoms with Crippen molar-refractivity contribution in [2.24, 2.45) is 0 Å². The lowest BCUT2D eigenvalue weighted by Crippen LogP contribution is -2.35. The van der Waals surface area contributed by atoms with Crippen LogP contribution in [0.15, 0.2) is 27.8 Å². The molecule has 0 aliphatic carbocycles. The van der Waals surface area contributed by atoms with Crippen molar-refractivity contribution in [3.8, 4) is 5.69 Å². The highest BCUT2D eigenvalue weighted by atomic mass is 35.5. The molecule has 0 atom stereocenters. The van der Waals surface area contributed by atoms with Gasteiger partial charge in [-0.25, -0.2) is 13.8 Å². The molecular formula is C10H4ClF2N3O4. The maximum absolute atomic E-state index is 13.4. The first-order valence-corrected chi connectivity index (χ1v) is 5.34. The highest BCUT2D eigenvalue weighted by Crippen LogP contribution is 2.18. The van der Waals surface area contributed by atoms with Crippen LogP contribution in [0, 0.1) is 21.7 Å². The van der Waals surface area contributed by atoms with Gasteiger partial charge in [0.1, 0.15) is 5.82 Å². The Morgan fingerprint density at radius 2 is 1.90 bits per heavy atom. The Labute approximate surface area is 113 Å². The molecular weight excluding hydrogens is 300 g/mol. The number of hydrogen-bond acceptors (Lipinski definition) is 4. The Kier molecular flexibility index (Phi) is 3.36. The molecule has 0 bridgehead atoms. The van der Waals surface area contributed by atoms with Gasteiger partial charge in [-0.3, -0.25) is 19.9 Å². The number of aromatic amines is 1. The van der Waals surface area contributed by atoms with Crippen LogP contribution in [0.5, 0.6) is 0 Å². The Hall–Kier alpha value is -2.55. The van der Waals surface area contributed by atoms with Gasteiger partial charge in [0, 0.05) is 6.07 Å². The molecule has 0 aliphatic rings. The number of halogens is 3. The molecule has 2 rings (SSSR count). The molecule has 104 valence electrons. The summed E-state index contributed by atoms with van der Waals surface area (Å²) in [6, 6.07) is 2.03. The largest absolute Gasteiger partial charge is 0.334 e. The van der Waals surface area contributed by atoms with E-state index in [1.54, 1.807) is 0 Å². The van der Waals surface area contributed by atoms with E-state index in [-0.39, 0.29) is 4.57 Å². The molecule has 20 heavy (non-hydrogen) atoms. The van der Waals surface area contributed by atoms with E-state index in [1.165, 1.54) is 0 Å². The molecule has 0 unspecified atom stereocenters. The number of nitrogens with one attached hydrogen (secondary N) is 1. The number of non-ortho nitro benzene ring substituents is 1. The number of rotatable bonds is 2. The second-order valence-electron chi connectivity index (χ2n) is 3.62. The van der Waals surface area contributed by atoms with Gasteiger partial charge in [-0.2, -0.15) is 4.39 Å². The normalized spacial score (nSPS) is 10.6. The lowest BCUT2D eigenvalue weighted by atomic mass is 10.2. The molecule has 1 aromatic heterocycles. The molecule has 7 nitrogen and oxygen atoms in total. The van der Waals surface area contributed by atoms with E-state index in [9.17, 15) is 28.5 Å². The van der Waals surface area contributed by atoms with Gasteiger partial charge < -0.3 is 0 Å². The van der Waals surface area contributed by atoms with Gasteiger partial charge in [-0.1, -0.05) is 11.6 Å². The third-order valence-electron chi connectivity index (χ3n) is 2.34. The summed E-state index contributed by atoms with van der Waals surface area (Å²) >= 11 is 5.27. The van der Waals surface area contributed by atoms with E-state index < -0.39 is 44.3 Å². The fourth-order valence-electron chi connectivity index (χ4n) is 1.52. The van der Waals surface area contributed by atoms with E-state index in [1.807, 2.05) is 4.98 Å². The van der Waals surface area contributed by atoms with Crippen LogP contribution in [-0.2, 0) is 0 Å². The topological polar surface area (TPSA) is 98.0 Å². The summed E-state index contributed by atoms with van der Waals surface area (Å²) in [7, 11) is 0. The minimum Gasteiger partial charge on any atom is -0.295 e. The zero-order chi connectivity index (χ0) is 15.0. The molecule has 0 saturated heterocycles. The number of nitro groups is 1. The van der Waals surface area contributed by atoms with Crippen molar-refractivity contribution >= 4 is 17.3 Å². The van der Waals surface area contributed by atoms with Crippen molar-refractivity contribution < 1.29 is 13.7 Å². The Morgan fingerprint density at radius 1 is 1.25 bits per heavy atom. The predicted octanol–water partition coefficient (Wildman–Crippen LogP) is 1.37. The molecule has 1 aromatic carbocycles. The number of aromatic nitrogens is 2. The van der Waals surface area contributed by atoms with E-state index in [4.69, 9.17) is 11.6 Å². The summed E-state index contributed by atoms with van der Waals surface area (Å²) < 4.78 is 26.8. The number of H-pyrrole nitrogens is 1. The number of nitro benzene ring substituents is 1. The molecule has 1 N–H and O–H groups in total. The maximum Gasteiger partial charge on any atom is 0.334 e. The van der Waals surface area contributed by atoms with Crippen LogP contribution >= 0.6 is 11.6 Å². The van der Waals surface area contributed by atoms with Gasteiger partial charge in [0.2, 0.25) is 5.82 Å². The fourth-order valence-corrected chi connectivity index (χ4v) is 1.68. The number of hydrogen-bond donors (Lipinski definition) is 1. The van der Waals surface area contributed by atoms with Crippen LogP contribution in [0.2, 0.25) is 5.15 Å². The minimum absolute atomic E-state index is 0.206. The van der Waals surface area contributed by atoms with Crippen molar-refractivity contribution in [1.82, 2.24) is 9.55 Å². The van der Waals surface area contributed by atoms with Crippen LogP contribution < -0.4 is 11.2 Å². The van der Waals surface area contributed by atoms with Crippen molar-refractivity contribution in [2.75, 3.05) is 0 Å². The summed E-state index contributed by atoms with van der Waals surface area (Å²) in [5.74, 6) is -2.52. The van der Waals surface area contributed by atoms with Crippen molar-refractivity contribution in [3.63, 3.8) is 0 Å². The Balaban J connectivity index is 2.82. The molecule has 1 heterocycles. The van der Waals surface area contributed by atoms with E-state index >= 15 is 0 Å². The summed E-state index contributed by atoms with van der Waals surface area (Å²) in [6.45, 7) is 0. The van der Waals surface area contributed by atoms with Gasteiger partial charge in [0.25, 0.3) is 11.2 Å². The van der Waals surface area contributed by atoms with Gasteiger partial charge in [-0.15, -0.1) is 0 Å². The van der Waals surface area contributed by atoms with Gasteiger partial charge >= 0.3 is 5.69 Å². The first kappa shape index (κ1) is 13.9. The highest BCUT2D eigenvalue weighted by molar-refractivity contribution is 6.29. The standard InChI is InChI=1S/C10H4ClF2N3O4/c11-8-7(13)9(17)15(10(18)14-8)5-1-4(12)2-6(3-5)16(19)20/h1-3H,(H,14,18). The zero-order valence-corrected chi connectivity index (χ0v) is 10.1. The Morgan fingerprint density at radius 3 is 2.50 bits per heavy atom. The van der Waals surface area contributed by atoms with Gasteiger partial charge in [-0.05, 0) is 6.07 Å². The zero-order valence-electron chi connectivity index (χ0n) is 9.39. The lowest BCUT2D eigenvalue weighted by Gasteiger charge is -2.05. The average molecular weight is 304 g/mol. The molecule has 0 aliphatic heterocycles. The minimum atomic E-state index is -1.46. The maximum atomic E-state index is 13.4. The van der Waals surface area contributed by atoms with E-state index in [0.29, 0.717) is 12.1 Å². The molecule has 0 spiro atoms. The first-order valence-electron chi connectivity index (χ1n) is 4.97. The van der Waals surface area contributed by atoms with Crippen molar-refractivity contribution in [2.45, 2.75) is 0 Å². The number of benzene rings is 1. The second kappa shape index (κ2) is 4.85. The highest BCUT2D eigenvalue weighted by Gasteiger charge is 2.17. The number of nitrogens with zero attached hydrogens (tertiary/aromatic N) is 2. The average Bonchev–Trinajstić information content (AvgIpc) is 2.35. The summed E-state index contributed by atoms with van der Waals surface area (Å²) in [4.78, 5) is 34.7. The van der Waals surface area contributed by atoms with Gasteiger partial charge in [0.15, 0.2) is 5.15 Å². The third-order valence-corrected chi connectivity index (χ3v) is 2.60. The Bertz CT molecular complexity index is 830. The third kappa shape index (κ3) is 2.30. The summed E-state index contributed by atoms with van der Waals surface area (Å²) in [5, 5.41) is 9.79. The van der Waals surface area contributed by atoms with Crippen molar-refractivity contribution in [3.05, 3.63) is 65.9 Å². The van der Waals surface area contributed by atoms with Gasteiger partial charge in [0.05, 0.1) is 16.7 Å². The lowest BCUT2D eigenvalue weighted by molar-refractivity contribution is -0.385. The quantitative estimate of drug-likeness (QED) is 0.514. The smallest absolute Gasteiger partial charge is 0.295 e. The van der Waals surface area contributed by atoms with Crippen LogP contribution in [0.4, 0.5) is 14.5 Å². The fraction of sp³-hybridized carbons (Fsp3) is 0. The predicted molar refractivity (Wildman–Crippen MR) is 64.2 cm³/mol. The molecule has 0 fully saturated rings. The van der Waals surface area contributed by atoms with Crippen molar-refractivity contribution in [1.29, 1.82) is 0 Å². The summed E-state index contributed by atoms with van der Waals surface area (Å²) in [6.07, 6.45) is 0. The SMILES string of the molecule is O=c1[nH]c(Cl)c(F)c(=O)n1-c1cc(F)cc([N+](=O)[O-])c1. The first-order chi connectivity index (χ1) is 9.31. The molecule has 0 saturated carbocycles. The molecule has 2 aromatic rings. The molecule has 10 heteroatoms. The van der Waals surface area contributed by atoms with Crippen LogP contribution in [0.25, 0.3) is 5.69 Å². The van der Waals surface area contributed by atoms with Crippen LogP contribution in [0.1, 0.15) is 0 Å². The molecule has 0 amide bonds. The monoisotopic (exact) mass is 303 g/mol. The van der Waals surface area contributed by atoms with Crippen LogP contribution in [-0.4, -0.2) is 14.5 Å². The van der Waals surface area contributed by atoms with E-state index in [0.717, 1.165) is 6.07 Å².